The first-order valence-electron chi connectivity index (χ1n) is 12.0. The molecule has 1 aliphatic carbocycles. The number of hydrogen-bond donors (Lipinski definition) is 1. The third-order valence-corrected chi connectivity index (χ3v) is 7.26. The number of aryl methyl sites for hydroxylation is 2. The van der Waals surface area contributed by atoms with Crippen LogP contribution in [0.25, 0.3) is 44.5 Å². The van der Waals surface area contributed by atoms with E-state index < -0.39 is 5.82 Å². The lowest BCUT2D eigenvalue weighted by atomic mass is 9.99. The first-order chi connectivity index (χ1) is 17.4. The average molecular weight is 491 g/mol. The molecular formula is C26H27FN6O3. The molecule has 0 amide bonds. The molecule has 5 aromatic rings. The Morgan fingerprint density at radius 3 is 2.61 bits per heavy atom. The zero-order valence-corrected chi connectivity index (χ0v) is 20.6. The van der Waals surface area contributed by atoms with Crippen molar-refractivity contribution in [3.05, 3.63) is 46.9 Å². The molecule has 0 spiro atoms. The Hall–Kier alpha value is -4.08. The Bertz CT molecular complexity index is 1690. The van der Waals surface area contributed by atoms with Crippen molar-refractivity contribution < 1.29 is 13.9 Å². The molecular weight excluding hydrogens is 463 g/mol. The lowest BCUT2D eigenvalue weighted by Crippen LogP contribution is -2.24. The minimum Gasteiger partial charge on any atom is -0.494 e. The van der Waals surface area contributed by atoms with Crippen LogP contribution in [0.5, 0.6) is 11.6 Å². The molecule has 1 fully saturated rings. The number of H-pyrrole nitrogens is 1. The third-order valence-electron chi connectivity index (χ3n) is 7.26. The van der Waals surface area contributed by atoms with Gasteiger partial charge < -0.3 is 14.5 Å². The predicted octanol–water partition coefficient (Wildman–Crippen LogP) is 4.56. The number of halogens is 1. The minimum absolute atomic E-state index is 0.0697. The van der Waals surface area contributed by atoms with Crippen LogP contribution in [-0.4, -0.2) is 43.1 Å². The fourth-order valence-electron chi connectivity index (χ4n) is 5.58. The molecule has 1 aromatic carbocycles. The van der Waals surface area contributed by atoms with Crippen LogP contribution in [0.15, 0.2) is 35.4 Å². The quantitative estimate of drug-likeness (QED) is 0.390. The molecule has 1 saturated carbocycles. The number of ether oxygens (including phenoxy) is 2. The van der Waals surface area contributed by atoms with Crippen LogP contribution in [0.1, 0.15) is 31.7 Å². The highest BCUT2D eigenvalue weighted by atomic mass is 19.1. The van der Waals surface area contributed by atoms with E-state index in [4.69, 9.17) is 9.47 Å². The number of pyridine rings is 1. The number of rotatable bonds is 5. The average Bonchev–Trinajstić information content (AvgIpc) is 3.64. The number of fused-ring (bicyclic) bond motifs is 3. The van der Waals surface area contributed by atoms with Gasteiger partial charge in [0.15, 0.2) is 11.6 Å². The van der Waals surface area contributed by atoms with Crippen LogP contribution >= 0.6 is 0 Å². The van der Waals surface area contributed by atoms with Gasteiger partial charge in [-0.2, -0.15) is 0 Å². The van der Waals surface area contributed by atoms with Crippen LogP contribution in [0.3, 0.4) is 0 Å². The standard InChI is InChI=1S/C26H27FN6O3/c1-31-13-16(25(30-31)36-4)22-20(14-9-10-19(35-3)17(27)11-14)21-23-18(12-28-24(21)29-22)32(2)26(34)33(23)15-7-5-6-8-15/h9-13,15H,5-8H2,1-4H3,(H,28,29). The van der Waals surface area contributed by atoms with Crippen molar-refractivity contribution in [1.82, 2.24) is 28.9 Å². The van der Waals surface area contributed by atoms with Gasteiger partial charge in [0.25, 0.3) is 0 Å². The van der Waals surface area contributed by atoms with Crippen molar-refractivity contribution in [1.29, 1.82) is 0 Å². The Labute approximate surface area is 206 Å². The molecule has 4 aromatic heterocycles. The van der Waals surface area contributed by atoms with Gasteiger partial charge in [-0.25, -0.2) is 14.2 Å². The highest BCUT2D eigenvalue weighted by Crippen LogP contribution is 2.44. The third kappa shape index (κ3) is 3.16. The SMILES string of the molecule is COc1ccc(-c2c(-c3cn(C)nc3OC)[nH]c3ncc4c(c23)n(C2CCCC2)c(=O)n4C)cc1F. The van der Waals surface area contributed by atoms with Crippen molar-refractivity contribution in [2.24, 2.45) is 14.1 Å². The van der Waals surface area contributed by atoms with Crippen molar-refractivity contribution in [3.63, 3.8) is 0 Å². The van der Waals surface area contributed by atoms with E-state index in [0.717, 1.165) is 47.7 Å². The molecule has 1 aliphatic rings. The second kappa shape index (κ2) is 8.25. The van der Waals surface area contributed by atoms with Gasteiger partial charge in [-0.3, -0.25) is 13.8 Å². The Balaban J connectivity index is 1.78. The first-order valence-corrected chi connectivity index (χ1v) is 12.0. The molecule has 0 unspecified atom stereocenters. The van der Waals surface area contributed by atoms with E-state index in [1.54, 1.807) is 35.7 Å². The van der Waals surface area contributed by atoms with Crippen LogP contribution < -0.4 is 15.2 Å². The van der Waals surface area contributed by atoms with Gasteiger partial charge in [-0.15, -0.1) is 5.10 Å². The number of nitrogens with zero attached hydrogens (tertiary/aromatic N) is 5. The topological polar surface area (TPSA) is 91.9 Å². The zero-order valence-electron chi connectivity index (χ0n) is 20.6. The van der Waals surface area contributed by atoms with Crippen LogP contribution in [0, 0.1) is 5.82 Å². The largest absolute Gasteiger partial charge is 0.494 e. The van der Waals surface area contributed by atoms with E-state index in [1.807, 2.05) is 23.9 Å². The van der Waals surface area contributed by atoms with Crippen molar-refractivity contribution in [2.75, 3.05) is 14.2 Å². The number of benzene rings is 1. The lowest BCUT2D eigenvalue weighted by Gasteiger charge is -2.13. The molecule has 6 rings (SSSR count). The summed E-state index contributed by atoms with van der Waals surface area (Å²) in [7, 11) is 6.58. The van der Waals surface area contributed by atoms with E-state index in [0.29, 0.717) is 28.3 Å². The van der Waals surface area contributed by atoms with Gasteiger partial charge in [0.05, 0.1) is 48.1 Å². The number of hydrogen-bond acceptors (Lipinski definition) is 5. The molecule has 0 aliphatic heterocycles. The van der Waals surface area contributed by atoms with E-state index in [9.17, 15) is 9.18 Å². The summed E-state index contributed by atoms with van der Waals surface area (Å²) >= 11 is 0. The van der Waals surface area contributed by atoms with E-state index in [-0.39, 0.29) is 17.5 Å². The van der Waals surface area contributed by atoms with Crippen molar-refractivity contribution >= 4 is 22.1 Å². The molecule has 0 radical (unpaired) electrons. The Morgan fingerprint density at radius 1 is 1.14 bits per heavy atom. The van der Waals surface area contributed by atoms with Gasteiger partial charge >= 0.3 is 5.69 Å². The number of aromatic nitrogens is 6. The summed E-state index contributed by atoms with van der Waals surface area (Å²) in [6.07, 6.45) is 7.64. The fourth-order valence-corrected chi connectivity index (χ4v) is 5.58. The number of methoxy groups -OCH3 is 2. The molecule has 9 nitrogen and oxygen atoms in total. The maximum Gasteiger partial charge on any atom is 0.329 e. The summed E-state index contributed by atoms with van der Waals surface area (Å²) in [5.74, 6) is 0.108. The smallest absolute Gasteiger partial charge is 0.329 e. The minimum atomic E-state index is -0.477. The maximum absolute atomic E-state index is 15.0. The van der Waals surface area contributed by atoms with Crippen LogP contribution in [0.2, 0.25) is 0 Å². The van der Waals surface area contributed by atoms with Gasteiger partial charge in [0.2, 0.25) is 5.88 Å². The van der Waals surface area contributed by atoms with E-state index in [2.05, 4.69) is 15.1 Å². The number of nitrogens with one attached hydrogen (secondary N) is 1. The molecule has 0 bridgehead atoms. The molecule has 4 heterocycles. The summed E-state index contributed by atoms with van der Waals surface area (Å²) in [4.78, 5) is 21.6. The number of aromatic amines is 1. The van der Waals surface area contributed by atoms with Gasteiger partial charge in [-0.1, -0.05) is 18.9 Å². The van der Waals surface area contributed by atoms with Gasteiger partial charge in [-0.05, 0) is 30.5 Å². The van der Waals surface area contributed by atoms with Gasteiger partial charge in [0.1, 0.15) is 5.65 Å². The zero-order chi connectivity index (χ0) is 25.1. The van der Waals surface area contributed by atoms with E-state index >= 15 is 0 Å². The van der Waals surface area contributed by atoms with E-state index in [1.165, 1.54) is 13.2 Å². The molecule has 0 atom stereocenters. The highest BCUT2D eigenvalue weighted by Gasteiger charge is 2.29. The van der Waals surface area contributed by atoms with Crippen molar-refractivity contribution in [3.8, 4) is 34.0 Å². The van der Waals surface area contributed by atoms with Crippen molar-refractivity contribution in [2.45, 2.75) is 31.7 Å². The molecule has 1 N–H and O–H groups in total. The summed E-state index contributed by atoms with van der Waals surface area (Å²) < 4.78 is 30.9. The molecule has 0 saturated heterocycles. The first kappa shape index (κ1) is 22.4. The maximum atomic E-state index is 15.0. The van der Waals surface area contributed by atoms with Gasteiger partial charge in [0, 0.05) is 31.9 Å². The number of imidazole rings is 1. The fraction of sp³-hybridized carbons (Fsp3) is 0.346. The highest BCUT2D eigenvalue weighted by molar-refractivity contribution is 6.14. The monoisotopic (exact) mass is 490 g/mol. The second-order valence-electron chi connectivity index (χ2n) is 9.32. The summed E-state index contributed by atoms with van der Waals surface area (Å²) in [5, 5.41) is 5.18. The second-order valence-corrected chi connectivity index (χ2v) is 9.32. The predicted molar refractivity (Wildman–Crippen MR) is 135 cm³/mol. The Kier molecular flexibility index (Phi) is 5.13. The summed E-state index contributed by atoms with van der Waals surface area (Å²) in [6, 6.07) is 4.99. The summed E-state index contributed by atoms with van der Waals surface area (Å²) in [6.45, 7) is 0. The Morgan fingerprint density at radius 2 is 1.92 bits per heavy atom. The van der Waals surface area contributed by atoms with Crippen LogP contribution in [-0.2, 0) is 14.1 Å². The molecule has 10 heteroatoms. The summed E-state index contributed by atoms with van der Waals surface area (Å²) in [5.41, 5.74) is 4.83. The molecule has 186 valence electrons. The molecule has 36 heavy (non-hydrogen) atoms. The normalized spacial score (nSPS) is 14.4. The van der Waals surface area contributed by atoms with Crippen LogP contribution in [0.4, 0.5) is 4.39 Å². The lowest BCUT2D eigenvalue weighted by molar-refractivity contribution is 0.386.